The first-order valence-corrected chi connectivity index (χ1v) is 5.57. The Morgan fingerprint density at radius 1 is 1.59 bits per heavy atom. The van der Waals surface area contributed by atoms with Crippen molar-refractivity contribution < 1.29 is 19.0 Å². The summed E-state index contributed by atoms with van der Waals surface area (Å²) in [6, 6.07) is 4.39. The maximum absolute atomic E-state index is 13.0. The number of carboxylic acids is 1. The van der Waals surface area contributed by atoms with Crippen LogP contribution in [0.15, 0.2) is 18.2 Å². The molecule has 1 aromatic rings. The van der Waals surface area contributed by atoms with Crippen LogP contribution in [0.4, 0.5) is 4.39 Å². The summed E-state index contributed by atoms with van der Waals surface area (Å²) in [7, 11) is 0. The minimum atomic E-state index is -0.844. The standard InChI is InChI=1S/C13H15FO3/c1-13(2,12(15)16)7-10-6-8-5-9(14)3-4-11(8)17-10/h3-5,10H,6-7H2,1-2H3,(H,15,16). The average molecular weight is 238 g/mol. The van der Waals surface area contributed by atoms with Gasteiger partial charge in [-0.15, -0.1) is 0 Å². The van der Waals surface area contributed by atoms with Gasteiger partial charge in [0.05, 0.1) is 5.41 Å². The van der Waals surface area contributed by atoms with E-state index in [1.807, 2.05) is 0 Å². The van der Waals surface area contributed by atoms with E-state index in [-0.39, 0.29) is 11.9 Å². The van der Waals surface area contributed by atoms with Gasteiger partial charge in [-0.3, -0.25) is 4.79 Å². The van der Waals surface area contributed by atoms with Crippen LogP contribution in [-0.4, -0.2) is 17.2 Å². The van der Waals surface area contributed by atoms with Crippen molar-refractivity contribution in [3.63, 3.8) is 0 Å². The summed E-state index contributed by atoms with van der Waals surface area (Å²) in [4.78, 5) is 11.0. The molecule has 1 aliphatic heterocycles. The fourth-order valence-electron chi connectivity index (χ4n) is 2.06. The molecule has 0 spiro atoms. The number of hydrogen-bond donors (Lipinski definition) is 1. The number of carboxylic acid groups (broad SMARTS) is 1. The van der Waals surface area contributed by atoms with Gasteiger partial charge in [-0.1, -0.05) is 0 Å². The highest BCUT2D eigenvalue weighted by molar-refractivity contribution is 5.73. The molecular formula is C13H15FO3. The van der Waals surface area contributed by atoms with Crippen LogP contribution in [0.25, 0.3) is 0 Å². The van der Waals surface area contributed by atoms with E-state index in [1.165, 1.54) is 12.1 Å². The molecule has 0 bridgehead atoms. The molecule has 1 aromatic carbocycles. The minimum Gasteiger partial charge on any atom is -0.490 e. The number of rotatable bonds is 3. The summed E-state index contributed by atoms with van der Waals surface area (Å²) < 4.78 is 18.6. The van der Waals surface area contributed by atoms with Gasteiger partial charge in [0.1, 0.15) is 17.7 Å². The lowest BCUT2D eigenvalue weighted by Crippen LogP contribution is -2.30. The van der Waals surface area contributed by atoms with Crippen molar-refractivity contribution in [2.45, 2.75) is 32.8 Å². The van der Waals surface area contributed by atoms with Crippen LogP contribution < -0.4 is 4.74 Å². The number of carbonyl (C=O) groups is 1. The largest absolute Gasteiger partial charge is 0.490 e. The molecule has 3 nitrogen and oxygen atoms in total. The number of benzene rings is 1. The van der Waals surface area contributed by atoms with Gasteiger partial charge in [-0.05, 0) is 32.0 Å². The molecule has 17 heavy (non-hydrogen) atoms. The maximum atomic E-state index is 13.0. The van der Waals surface area contributed by atoms with Crippen molar-refractivity contribution in [2.24, 2.45) is 5.41 Å². The Morgan fingerprint density at radius 2 is 2.29 bits per heavy atom. The molecule has 0 fully saturated rings. The second-order valence-electron chi connectivity index (χ2n) is 5.09. The SMILES string of the molecule is CC(C)(CC1Cc2cc(F)ccc2O1)C(=O)O. The van der Waals surface area contributed by atoms with Gasteiger partial charge in [0, 0.05) is 18.4 Å². The van der Waals surface area contributed by atoms with Crippen LogP contribution in [0, 0.1) is 11.2 Å². The highest BCUT2D eigenvalue weighted by atomic mass is 19.1. The molecule has 1 atom stereocenters. The van der Waals surface area contributed by atoms with Gasteiger partial charge in [-0.2, -0.15) is 0 Å². The summed E-state index contributed by atoms with van der Waals surface area (Å²) in [5.41, 5.74) is -0.0122. The van der Waals surface area contributed by atoms with Gasteiger partial charge in [0.15, 0.2) is 0 Å². The highest BCUT2D eigenvalue weighted by Crippen LogP contribution is 2.34. The summed E-state index contributed by atoms with van der Waals surface area (Å²) in [5, 5.41) is 9.05. The number of hydrogen-bond acceptors (Lipinski definition) is 2. The third-order valence-electron chi connectivity index (χ3n) is 3.08. The van der Waals surface area contributed by atoms with Crippen LogP contribution in [0.3, 0.4) is 0 Å². The topological polar surface area (TPSA) is 46.5 Å². The molecule has 1 heterocycles. The Bertz CT molecular complexity index is 454. The lowest BCUT2D eigenvalue weighted by Gasteiger charge is -2.22. The number of aliphatic carboxylic acids is 1. The van der Waals surface area contributed by atoms with Crippen molar-refractivity contribution in [2.75, 3.05) is 0 Å². The number of fused-ring (bicyclic) bond motifs is 1. The summed E-state index contributed by atoms with van der Waals surface area (Å²) in [5.74, 6) is -0.466. The lowest BCUT2D eigenvalue weighted by molar-refractivity contribution is -0.148. The molecule has 92 valence electrons. The Hall–Kier alpha value is -1.58. The van der Waals surface area contributed by atoms with Crippen LogP contribution in [0.1, 0.15) is 25.8 Å². The average Bonchev–Trinajstić information content (AvgIpc) is 2.57. The summed E-state index contributed by atoms with van der Waals surface area (Å²) in [6.45, 7) is 3.34. The van der Waals surface area contributed by atoms with Gasteiger partial charge in [-0.25, -0.2) is 4.39 Å². The molecule has 0 aromatic heterocycles. The van der Waals surface area contributed by atoms with E-state index in [2.05, 4.69) is 0 Å². The molecule has 1 unspecified atom stereocenters. The molecule has 1 N–H and O–H groups in total. The van der Waals surface area contributed by atoms with Gasteiger partial charge < -0.3 is 9.84 Å². The Labute approximate surface area is 99.2 Å². The molecular weight excluding hydrogens is 223 g/mol. The first-order chi connectivity index (χ1) is 7.88. The predicted molar refractivity (Wildman–Crippen MR) is 60.6 cm³/mol. The van der Waals surface area contributed by atoms with Crippen LogP contribution >= 0.6 is 0 Å². The number of halogens is 1. The Balaban J connectivity index is 2.08. The van der Waals surface area contributed by atoms with Crippen molar-refractivity contribution in [1.82, 2.24) is 0 Å². The maximum Gasteiger partial charge on any atom is 0.309 e. The summed E-state index contributed by atoms with van der Waals surface area (Å²) in [6.07, 6.45) is 0.806. The van der Waals surface area contributed by atoms with E-state index in [0.29, 0.717) is 18.6 Å². The molecule has 0 saturated heterocycles. The van der Waals surface area contributed by atoms with E-state index in [1.54, 1.807) is 19.9 Å². The van der Waals surface area contributed by atoms with Gasteiger partial charge in [0.2, 0.25) is 0 Å². The zero-order valence-corrected chi connectivity index (χ0v) is 9.87. The van der Waals surface area contributed by atoms with Crippen molar-refractivity contribution in [1.29, 1.82) is 0 Å². The first kappa shape index (κ1) is 11.9. The molecule has 4 heteroatoms. The first-order valence-electron chi connectivity index (χ1n) is 5.57. The lowest BCUT2D eigenvalue weighted by atomic mass is 9.86. The second-order valence-corrected chi connectivity index (χ2v) is 5.09. The monoisotopic (exact) mass is 238 g/mol. The van der Waals surface area contributed by atoms with E-state index in [4.69, 9.17) is 9.84 Å². The smallest absolute Gasteiger partial charge is 0.309 e. The number of ether oxygens (including phenoxy) is 1. The molecule has 1 aliphatic rings. The normalized spacial score (nSPS) is 18.6. The van der Waals surface area contributed by atoms with Crippen LogP contribution in [0.2, 0.25) is 0 Å². The van der Waals surface area contributed by atoms with Crippen molar-refractivity contribution >= 4 is 5.97 Å². The predicted octanol–water partition coefficient (Wildman–Crippen LogP) is 2.63. The minimum absolute atomic E-state index is 0.183. The molecule has 2 rings (SSSR count). The van der Waals surface area contributed by atoms with Gasteiger partial charge >= 0.3 is 5.97 Å². The quantitative estimate of drug-likeness (QED) is 0.880. The van der Waals surface area contributed by atoms with E-state index in [9.17, 15) is 9.18 Å². The zero-order chi connectivity index (χ0) is 12.6. The molecule has 0 amide bonds. The molecule has 0 aliphatic carbocycles. The second kappa shape index (κ2) is 4.02. The zero-order valence-electron chi connectivity index (χ0n) is 9.87. The van der Waals surface area contributed by atoms with Crippen LogP contribution in [-0.2, 0) is 11.2 Å². The van der Waals surface area contributed by atoms with Crippen LogP contribution in [0.5, 0.6) is 5.75 Å². The third kappa shape index (κ3) is 2.40. The fraction of sp³-hybridized carbons (Fsp3) is 0.462. The molecule has 0 saturated carbocycles. The van der Waals surface area contributed by atoms with Crippen molar-refractivity contribution in [3.8, 4) is 5.75 Å². The van der Waals surface area contributed by atoms with E-state index < -0.39 is 11.4 Å². The molecule has 0 radical (unpaired) electrons. The Morgan fingerprint density at radius 3 is 2.94 bits per heavy atom. The van der Waals surface area contributed by atoms with E-state index >= 15 is 0 Å². The summed E-state index contributed by atoms with van der Waals surface area (Å²) >= 11 is 0. The third-order valence-corrected chi connectivity index (χ3v) is 3.08. The van der Waals surface area contributed by atoms with E-state index in [0.717, 1.165) is 5.56 Å². The fourth-order valence-corrected chi connectivity index (χ4v) is 2.06. The Kier molecular flexibility index (Phi) is 2.81. The highest BCUT2D eigenvalue weighted by Gasteiger charge is 2.34. The van der Waals surface area contributed by atoms with Gasteiger partial charge in [0.25, 0.3) is 0 Å². The van der Waals surface area contributed by atoms with Crippen molar-refractivity contribution in [3.05, 3.63) is 29.6 Å².